The number of carbonyl (C=O) groups is 6. The zero-order chi connectivity index (χ0) is 105. The first-order valence-corrected chi connectivity index (χ1v) is 53.1. The Labute approximate surface area is 871 Å². The number of nitrogens with zero attached hydrogens (tertiary/aromatic N) is 12. The number of aromatic amines is 3. The Morgan fingerprint density at radius 1 is 0.393 bits per heavy atom. The highest BCUT2D eigenvalue weighted by molar-refractivity contribution is 6.32. The molecule has 3 atom stereocenters. The van der Waals surface area contributed by atoms with Crippen molar-refractivity contribution in [3.8, 4) is 50.6 Å². The third-order valence-corrected chi connectivity index (χ3v) is 32.6. The molecule has 9 fully saturated rings. The summed E-state index contributed by atoms with van der Waals surface area (Å²) in [4.78, 5) is 123. The first-order valence-electron chi connectivity index (χ1n) is 52.7. The van der Waals surface area contributed by atoms with Crippen molar-refractivity contribution in [2.45, 2.75) is 196 Å². The van der Waals surface area contributed by atoms with Gasteiger partial charge in [0.05, 0.1) is 32.8 Å². The average molecular weight is 2080 g/mol. The summed E-state index contributed by atoms with van der Waals surface area (Å²) in [6, 6.07) is 36.8. The number of nitrogens with one attached hydrogen (secondary N) is 9. The number of pyridine rings is 3. The van der Waals surface area contributed by atoms with Crippen LogP contribution in [0.25, 0.3) is 66.1 Å². The monoisotopic (exact) mass is 2070 g/mol. The lowest BCUT2D eigenvalue weighted by molar-refractivity contribution is -0.275. The van der Waals surface area contributed by atoms with Gasteiger partial charge >= 0.3 is 6.36 Å². The molecule has 9 saturated heterocycles. The van der Waals surface area contributed by atoms with Gasteiger partial charge < -0.3 is 58.6 Å². The number of H-pyrrole nitrogens is 3. The van der Waals surface area contributed by atoms with E-state index in [1.165, 1.54) is 63.4 Å². The van der Waals surface area contributed by atoms with Crippen LogP contribution in [0.1, 0.15) is 180 Å². The van der Waals surface area contributed by atoms with E-state index >= 15 is 4.39 Å². The molecule has 0 saturated carbocycles. The third kappa shape index (κ3) is 25.1. The second kappa shape index (κ2) is 47.0. The number of hydrogen-bond acceptors (Lipinski definition) is 24. The van der Waals surface area contributed by atoms with Crippen LogP contribution in [0.15, 0.2) is 167 Å². The normalized spacial score (nSPS) is 20.1. The van der Waals surface area contributed by atoms with E-state index in [0.29, 0.717) is 153 Å². The summed E-state index contributed by atoms with van der Waals surface area (Å²) in [6.45, 7) is 15.7. The molecule has 792 valence electrons. The van der Waals surface area contributed by atoms with Gasteiger partial charge in [-0.2, -0.15) is 15.3 Å². The number of imide groups is 3. The Morgan fingerprint density at radius 2 is 0.740 bits per heavy atom. The Morgan fingerprint density at radius 3 is 1.13 bits per heavy atom. The molecule has 21 rings (SSSR count). The average Bonchev–Trinajstić information content (AvgIpc) is 1.49. The molecule has 6 amide bonds. The number of carbonyl (C=O) groups excluding carboxylic acids is 6. The van der Waals surface area contributed by atoms with Crippen LogP contribution in [0, 0.1) is 17.7 Å². The molecule has 38 heteroatoms. The van der Waals surface area contributed by atoms with Gasteiger partial charge in [0.2, 0.25) is 35.4 Å². The number of rotatable bonds is 28. The van der Waals surface area contributed by atoms with Crippen molar-refractivity contribution in [3.63, 3.8) is 0 Å². The van der Waals surface area contributed by atoms with E-state index in [9.17, 15) is 56.3 Å². The fourth-order valence-corrected chi connectivity index (χ4v) is 23.6. The predicted octanol–water partition coefficient (Wildman–Crippen LogP) is 15.0. The summed E-state index contributed by atoms with van der Waals surface area (Å²) >= 11 is 6.91. The lowest BCUT2D eigenvalue weighted by Gasteiger charge is -2.42. The largest absolute Gasteiger partial charge is 0.573 e. The Hall–Kier alpha value is -13.4. The maximum atomic E-state index is 15.7. The van der Waals surface area contributed by atoms with E-state index < -0.39 is 12.4 Å². The summed E-state index contributed by atoms with van der Waals surface area (Å²) in [5.41, 5.74) is 13.5. The number of alkyl halides is 3. The van der Waals surface area contributed by atoms with Crippen molar-refractivity contribution in [1.82, 2.24) is 89.6 Å². The molecule has 9 aliphatic rings. The molecule has 9 aliphatic heterocycles. The maximum Gasteiger partial charge on any atom is 0.573 e. The van der Waals surface area contributed by atoms with Crippen LogP contribution in [-0.2, 0) is 69.5 Å². The molecule has 6 aromatic carbocycles. The highest BCUT2D eigenvalue weighted by Gasteiger charge is 2.38. The van der Waals surface area contributed by atoms with E-state index in [4.69, 9.17) is 21.1 Å². The van der Waals surface area contributed by atoms with Crippen LogP contribution >= 0.6 is 11.6 Å². The van der Waals surface area contributed by atoms with E-state index in [2.05, 4.69) is 145 Å². The number of fused-ring (bicyclic) bond motifs is 3. The number of piperidine rings is 9. The number of hydrogen-bond donors (Lipinski definition) is 9. The van der Waals surface area contributed by atoms with Crippen molar-refractivity contribution < 1.29 is 60.5 Å². The fraction of sp³-hybridized carbons (Fsp3) is 0.464. The highest BCUT2D eigenvalue weighted by atomic mass is 35.5. The van der Waals surface area contributed by atoms with Crippen LogP contribution in [0.5, 0.6) is 17.2 Å². The van der Waals surface area contributed by atoms with Gasteiger partial charge in [-0.3, -0.25) is 89.1 Å². The number of aromatic nitrogens is 9. The predicted molar refractivity (Wildman–Crippen MR) is 568 cm³/mol. The van der Waals surface area contributed by atoms with Crippen LogP contribution in [0.2, 0.25) is 5.02 Å². The van der Waals surface area contributed by atoms with Crippen LogP contribution in [0.4, 0.5) is 34.6 Å². The summed E-state index contributed by atoms with van der Waals surface area (Å²) in [5, 5.41) is 40.0. The highest BCUT2D eigenvalue weighted by Crippen LogP contribution is 2.43. The summed E-state index contributed by atoms with van der Waals surface area (Å²) in [5.74, 6) is 2.18. The summed E-state index contributed by atoms with van der Waals surface area (Å²) in [7, 11) is 8.25. The Kier molecular flexibility index (Phi) is 32.9. The first-order chi connectivity index (χ1) is 72.5. The molecule has 9 N–H and O–H groups in total. The van der Waals surface area contributed by atoms with Crippen molar-refractivity contribution >= 4 is 96.8 Å². The van der Waals surface area contributed by atoms with Crippen LogP contribution < -0.4 is 62.8 Å². The molecule has 3 unspecified atom stereocenters. The molecule has 6 aromatic heterocycles. The van der Waals surface area contributed by atoms with Gasteiger partial charge in [0, 0.05) is 156 Å². The number of methoxy groups -OCH3 is 2. The SMILES string of the molecule is COc1cc(-c2cn(C)c(=O)c3[nH]ncc23)cc(Cl)c1CN1CCC(CCN2CCC(c3ccc(NC4CCC(=O)NC4=O)cc3)CC2)CC1.COc1cc(-c2cn(C)c(=O)c3[nH]ncc23)cc(F)c1CN1CCC(N2CCC(c3ccc(NC4CCC(=O)NC4=O)cc3)CC2)CC1.Cn1cc(-c2ccc(CN3CCC(CCN4CCC(c5ccc(NC6CCC(=O)NC6=O)cc5)CC4)CC3)c(OC(F)(F)F)c2)c2cn[nH]c2c1=O. The van der Waals surface area contributed by atoms with Gasteiger partial charge in [-0.05, 0) is 330 Å². The molecule has 0 radical (unpaired) electrons. The number of aryl methyl sites for hydroxylation is 3. The first kappa shape index (κ1) is 105. The number of likely N-dealkylation sites (tertiary alicyclic amines) is 6. The maximum absolute atomic E-state index is 15.7. The molecule has 0 spiro atoms. The smallest absolute Gasteiger partial charge is 0.496 e. The second-order valence-electron chi connectivity index (χ2n) is 41.9. The van der Waals surface area contributed by atoms with Crippen molar-refractivity contribution in [2.75, 3.05) is 122 Å². The van der Waals surface area contributed by atoms with Gasteiger partial charge in [-0.1, -0.05) is 60.1 Å². The molecule has 0 aliphatic carbocycles. The van der Waals surface area contributed by atoms with Gasteiger partial charge in [0.25, 0.3) is 16.7 Å². The van der Waals surface area contributed by atoms with Gasteiger partial charge in [0.15, 0.2) is 0 Å². The number of anilines is 3. The minimum Gasteiger partial charge on any atom is -0.496 e. The molecular weight excluding hydrogens is 1940 g/mol. The summed E-state index contributed by atoms with van der Waals surface area (Å²) < 4.78 is 76.8. The van der Waals surface area contributed by atoms with Gasteiger partial charge in [-0.15, -0.1) is 13.2 Å². The van der Waals surface area contributed by atoms with E-state index in [1.54, 1.807) is 76.8 Å². The van der Waals surface area contributed by atoms with E-state index in [0.717, 1.165) is 220 Å². The molecule has 150 heavy (non-hydrogen) atoms. The Balaban J connectivity index is 0.000000141. The Bertz CT molecular complexity index is 7060. The molecule has 0 bridgehead atoms. The lowest BCUT2D eigenvalue weighted by atomic mass is 9.88. The van der Waals surface area contributed by atoms with Crippen molar-refractivity contribution in [1.29, 1.82) is 0 Å². The van der Waals surface area contributed by atoms with Gasteiger partial charge in [0.1, 0.15) is 57.7 Å². The van der Waals surface area contributed by atoms with Crippen molar-refractivity contribution in [3.05, 3.63) is 228 Å². The second-order valence-corrected chi connectivity index (χ2v) is 42.3. The number of ether oxygens (including phenoxy) is 3. The van der Waals surface area contributed by atoms with Crippen LogP contribution in [0.3, 0.4) is 0 Å². The lowest BCUT2D eigenvalue weighted by Crippen LogP contribution is -2.47. The quantitative estimate of drug-likeness (QED) is 0.0162. The molecule has 12 aromatic rings. The minimum absolute atomic E-state index is 0.119. The fourth-order valence-electron chi connectivity index (χ4n) is 23.4. The third-order valence-electron chi connectivity index (χ3n) is 32.3. The van der Waals surface area contributed by atoms with Crippen LogP contribution in [-0.4, -0.2) is 246 Å². The molecular formula is C112H132ClF4N21O12. The standard InChI is InChI=1S/C38H46ClN7O4.C38H44F3N7O4.C36H42FN7O4/c1-44-22-30(29-21-40-43-36(29)38(44)49)27-19-32(39)31(34(20-27)50-2)23-46-15-10-24(11-16-46)9-14-45-17-12-26(13-18-45)25-3-5-28(6-4-25)41-33-7-8-35(47)42-37(33)48;1-46-23-31(30-21-42-45-35(30)37(46)51)27-2-3-28(33(20-27)52-38(39,40)41)22-48-16-11-24(12-17-48)10-15-47-18-13-26(14-19-47)25-4-6-29(7-5-25)43-32-8-9-34(49)44-36(32)50;1-42-20-28(27-19-38-41-34(27)36(42)47)24-17-30(37)29(32(18-24)48-2)21-43-13-11-26(12-14-43)44-15-9-23(10-16-44)22-3-5-25(6-4-22)39-31-7-8-33(45)40-35(31)46/h3-6,19-22,24,26,33,41H,7-18,23H2,1-2H3,(H,40,43)(H,42,47,48);2-7,20-21,23-24,26,32,43H,8-19,22H2,1H3,(H,42,45)(H,44,49,50);3-6,17-20,23,26,31,39H,7-16,21H2,1-2H3,(H,38,41)(H,40,45,46). The minimum atomic E-state index is -4.84. The number of halogens is 5. The summed E-state index contributed by atoms with van der Waals surface area (Å²) in [6.07, 6.45) is 23.2. The zero-order valence-electron chi connectivity index (χ0n) is 85.4. The number of amides is 6. The molecule has 33 nitrogen and oxygen atoms in total. The number of benzene rings is 6. The molecule has 15 heterocycles. The zero-order valence-corrected chi connectivity index (χ0v) is 86.2. The van der Waals surface area contributed by atoms with Gasteiger partial charge in [-0.25, -0.2) is 4.39 Å². The van der Waals surface area contributed by atoms with Crippen molar-refractivity contribution in [2.24, 2.45) is 33.0 Å². The van der Waals surface area contributed by atoms with E-state index in [1.807, 2.05) is 48.7 Å². The van der Waals surface area contributed by atoms with E-state index in [-0.39, 0.29) is 75.8 Å². The topological polar surface area (TPSA) is 374 Å².